The van der Waals surface area contributed by atoms with Crippen LogP contribution in [0.1, 0.15) is 23.2 Å². The lowest BCUT2D eigenvalue weighted by molar-refractivity contribution is -0.111. The maximum absolute atomic E-state index is 13.2. The molecule has 0 saturated carbocycles. The zero-order chi connectivity index (χ0) is 27.2. The largest absolute Gasteiger partial charge is 0.365 e. The summed E-state index contributed by atoms with van der Waals surface area (Å²) in [4.78, 5) is 45.5. The number of benzene rings is 1. The third-order valence-corrected chi connectivity index (χ3v) is 6.56. The summed E-state index contributed by atoms with van der Waals surface area (Å²) in [5.74, 6) is 0.489. The molecule has 5 rings (SSSR count). The molecule has 0 bridgehead atoms. The molecule has 0 spiro atoms. The third-order valence-electron chi connectivity index (χ3n) is 6.56. The van der Waals surface area contributed by atoms with E-state index in [9.17, 15) is 9.59 Å². The first-order valence-corrected chi connectivity index (χ1v) is 13.0. The number of anilines is 2. The number of amides is 2. The summed E-state index contributed by atoms with van der Waals surface area (Å²) < 4.78 is 0. The number of hydrogen-bond donors (Lipinski definition) is 3. The van der Waals surface area contributed by atoms with Crippen molar-refractivity contribution in [3.63, 3.8) is 0 Å². The minimum atomic E-state index is -0.199. The molecule has 1 aliphatic heterocycles. The van der Waals surface area contributed by atoms with E-state index in [2.05, 4.69) is 30.6 Å². The number of likely N-dealkylation sites (tertiary alicyclic amines) is 1. The Balaban J connectivity index is 1.19. The van der Waals surface area contributed by atoms with E-state index in [0.717, 1.165) is 35.1 Å². The summed E-state index contributed by atoms with van der Waals surface area (Å²) in [7, 11) is 3.88. The average Bonchev–Trinajstić information content (AvgIpc) is 3.41. The van der Waals surface area contributed by atoms with Crippen molar-refractivity contribution >= 4 is 34.4 Å². The molecule has 1 fully saturated rings. The predicted molar refractivity (Wildman–Crippen MR) is 152 cm³/mol. The minimum Gasteiger partial charge on any atom is -0.365 e. The average molecular weight is 525 g/mol. The Morgan fingerprint density at radius 1 is 1.13 bits per heavy atom. The van der Waals surface area contributed by atoms with Gasteiger partial charge in [0.25, 0.3) is 5.91 Å². The van der Waals surface area contributed by atoms with Crippen molar-refractivity contribution in [3.8, 4) is 11.3 Å². The second-order valence-electron chi connectivity index (χ2n) is 9.89. The van der Waals surface area contributed by atoms with Crippen LogP contribution in [0.5, 0.6) is 0 Å². The molecule has 3 aromatic heterocycles. The van der Waals surface area contributed by atoms with Crippen molar-refractivity contribution in [2.75, 3.05) is 44.4 Å². The molecule has 10 nitrogen and oxygen atoms in total. The first-order valence-electron chi connectivity index (χ1n) is 13.0. The van der Waals surface area contributed by atoms with Gasteiger partial charge in [-0.15, -0.1) is 0 Å². The Bertz CT molecular complexity index is 1480. The van der Waals surface area contributed by atoms with Gasteiger partial charge in [0.2, 0.25) is 5.91 Å². The fraction of sp³-hybridized carbons (Fsp3) is 0.276. The Morgan fingerprint density at radius 2 is 1.97 bits per heavy atom. The van der Waals surface area contributed by atoms with Crippen LogP contribution in [0.3, 0.4) is 0 Å². The van der Waals surface area contributed by atoms with Crippen molar-refractivity contribution in [3.05, 3.63) is 78.9 Å². The molecule has 1 aromatic carbocycles. The Labute approximate surface area is 227 Å². The summed E-state index contributed by atoms with van der Waals surface area (Å²) >= 11 is 0. The molecule has 1 saturated heterocycles. The number of nitrogens with zero attached hydrogens (tertiary/aromatic N) is 5. The fourth-order valence-corrected chi connectivity index (χ4v) is 4.60. The summed E-state index contributed by atoms with van der Waals surface area (Å²) in [6.45, 7) is 1.96. The highest BCUT2D eigenvalue weighted by Gasteiger charge is 2.25. The van der Waals surface area contributed by atoms with Crippen LogP contribution in [0.15, 0.2) is 73.3 Å². The van der Waals surface area contributed by atoms with Gasteiger partial charge in [0.15, 0.2) is 0 Å². The zero-order valence-electron chi connectivity index (χ0n) is 22.1. The van der Waals surface area contributed by atoms with E-state index in [0.29, 0.717) is 36.7 Å². The monoisotopic (exact) mass is 524 g/mol. The quantitative estimate of drug-likeness (QED) is 0.300. The normalized spacial score (nSPS) is 15.7. The van der Waals surface area contributed by atoms with E-state index in [1.807, 2.05) is 48.3 Å². The number of H-pyrrole nitrogens is 1. The molecule has 4 heterocycles. The number of hydrogen-bond acceptors (Lipinski definition) is 7. The van der Waals surface area contributed by atoms with Crippen LogP contribution in [0, 0.1) is 0 Å². The highest BCUT2D eigenvalue weighted by Crippen LogP contribution is 2.23. The van der Waals surface area contributed by atoms with Gasteiger partial charge in [0.05, 0.1) is 5.69 Å². The molecule has 3 N–H and O–H groups in total. The smallest absolute Gasteiger partial charge is 0.253 e. The minimum absolute atomic E-state index is 0.0282. The maximum atomic E-state index is 13.2. The van der Waals surface area contributed by atoms with Gasteiger partial charge in [-0.1, -0.05) is 6.08 Å². The van der Waals surface area contributed by atoms with Crippen molar-refractivity contribution in [2.24, 2.45) is 0 Å². The zero-order valence-corrected chi connectivity index (χ0v) is 22.1. The van der Waals surface area contributed by atoms with Crippen molar-refractivity contribution in [2.45, 2.75) is 18.9 Å². The lowest BCUT2D eigenvalue weighted by Gasteiger charge is -2.33. The molecular formula is C29H32N8O2. The molecule has 0 aliphatic carbocycles. The summed E-state index contributed by atoms with van der Waals surface area (Å²) in [6.07, 6.45) is 10.3. The van der Waals surface area contributed by atoms with Gasteiger partial charge < -0.3 is 25.4 Å². The molecule has 39 heavy (non-hydrogen) atoms. The van der Waals surface area contributed by atoms with Gasteiger partial charge in [0.1, 0.15) is 17.8 Å². The first kappa shape index (κ1) is 26.1. The van der Waals surface area contributed by atoms with Crippen molar-refractivity contribution < 1.29 is 9.59 Å². The SMILES string of the molecule is CN(C)CC=CC(=O)Nc1ccc(C(=O)N2CCCC(Nc3cc(-c4cnc5[nH]ccc5c4)ncn3)C2)cc1. The molecule has 1 unspecified atom stereocenters. The van der Waals surface area contributed by atoms with Gasteiger partial charge in [-0.25, -0.2) is 15.0 Å². The number of carbonyl (C=O) groups is 2. The number of pyridine rings is 1. The van der Waals surface area contributed by atoms with Gasteiger partial charge >= 0.3 is 0 Å². The van der Waals surface area contributed by atoms with Crippen LogP contribution in [0.2, 0.25) is 0 Å². The lowest BCUT2D eigenvalue weighted by Crippen LogP contribution is -2.45. The molecule has 2 amide bonds. The number of rotatable bonds is 8. The summed E-state index contributed by atoms with van der Waals surface area (Å²) in [6, 6.07) is 13.0. The van der Waals surface area contributed by atoms with Crippen LogP contribution in [0.4, 0.5) is 11.5 Å². The lowest BCUT2D eigenvalue weighted by atomic mass is 10.0. The third kappa shape index (κ3) is 6.66. The van der Waals surface area contributed by atoms with Crippen LogP contribution in [0.25, 0.3) is 22.3 Å². The van der Waals surface area contributed by atoms with Crippen molar-refractivity contribution in [1.82, 2.24) is 29.7 Å². The van der Waals surface area contributed by atoms with Crippen LogP contribution in [-0.2, 0) is 4.79 Å². The Kier molecular flexibility index (Phi) is 7.93. The predicted octanol–water partition coefficient (Wildman–Crippen LogP) is 3.79. The van der Waals surface area contributed by atoms with E-state index < -0.39 is 0 Å². The van der Waals surface area contributed by atoms with Crippen LogP contribution in [-0.4, -0.2) is 81.3 Å². The number of aromatic amines is 1. The Morgan fingerprint density at radius 3 is 2.79 bits per heavy atom. The van der Waals surface area contributed by atoms with Crippen molar-refractivity contribution in [1.29, 1.82) is 0 Å². The number of aromatic nitrogens is 4. The molecule has 10 heteroatoms. The topological polar surface area (TPSA) is 119 Å². The maximum Gasteiger partial charge on any atom is 0.253 e. The summed E-state index contributed by atoms with van der Waals surface area (Å²) in [5.41, 5.74) is 3.78. The van der Waals surface area contributed by atoms with E-state index >= 15 is 0 Å². The van der Waals surface area contributed by atoms with E-state index in [1.165, 1.54) is 6.08 Å². The molecule has 1 aliphatic rings. The molecule has 4 aromatic rings. The highest BCUT2D eigenvalue weighted by molar-refractivity contribution is 6.00. The second-order valence-corrected chi connectivity index (χ2v) is 9.89. The number of likely N-dealkylation sites (N-methyl/N-ethyl adjacent to an activating group) is 1. The van der Waals surface area contributed by atoms with Gasteiger partial charge in [0, 0.05) is 72.4 Å². The van der Waals surface area contributed by atoms with E-state index in [4.69, 9.17) is 0 Å². The number of fused-ring (bicyclic) bond motifs is 1. The Hall–Kier alpha value is -4.57. The second kappa shape index (κ2) is 11.9. The highest BCUT2D eigenvalue weighted by atomic mass is 16.2. The first-order chi connectivity index (χ1) is 18.9. The fourth-order valence-electron chi connectivity index (χ4n) is 4.60. The molecule has 1 atom stereocenters. The van der Waals surface area contributed by atoms with Crippen LogP contribution < -0.4 is 10.6 Å². The molecule has 200 valence electrons. The standard InChI is InChI=1S/C29H32N8O2/c1-36(2)13-4-6-27(38)35-23-9-7-20(8-10-23)29(39)37-14-3-5-24(18-37)34-26-16-25(32-19-33-26)22-15-21-11-12-30-28(21)31-17-22/h4,6-12,15-17,19,24H,3,5,13-14,18H2,1-2H3,(H,30,31)(H,35,38)(H,32,33,34). The number of piperidine rings is 1. The number of carbonyl (C=O) groups excluding carboxylic acids is 2. The van der Waals surface area contributed by atoms with Gasteiger partial charge in [-0.2, -0.15) is 0 Å². The van der Waals surface area contributed by atoms with E-state index in [1.54, 1.807) is 42.9 Å². The van der Waals surface area contributed by atoms with Gasteiger partial charge in [-0.05, 0) is 63.3 Å². The van der Waals surface area contributed by atoms with E-state index in [-0.39, 0.29) is 17.9 Å². The van der Waals surface area contributed by atoms with Gasteiger partial charge in [-0.3, -0.25) is 9.59 Å². The molecule has 0 radical (unpaired) electrons. The molecular weight excluding hydrogens is 492 g/mol. The summed E-state index contributed by atoms with van der Waals surface area (Å²) in [5, 5.41) is 7.33. The number of nitrogens with one attached hydrogen (secondary N) is 3. The van der Waals surface area contributed by atoms with Crippen LogP contribution >= 0.6 is 0 Å².